The second-order valence-electron chi connectivity index (χ2n) is 3.21. The van der Waals surface area contributed by atoms with Crippen molar-refractivity contribution in [2.45, 2.75) is 6.42 Å². The van der Waals surface area contributed by atoms with E-state index >= 15 is 0 Å². The summed E-state index contributed by atoms with van der Waals surface area (Å²) in [6, 6.07) is 4.44. The number of nitrogens with two attached hydrogens (primary N) is 1. The van der Waals surface area contributed by atoms with Crippen LogP contribution in [-0.4, -0.2) is 25.1 Å². The fourth-order valence-corrected chi connectivity index (χ4v) is 1.27. The van der Waals surface area contributed by atoms with Crippen molar-refractivity contribution in [3.8, 4) is 5.75 Å². The number of anilines is 1. The molecule has 0 saturated carbocycles. The van der Waals surface area contributed by atoms with E-state index in [1.165, 1.54) is 19.2 Å². The van der Waals surface area contributed by atoms with Crippen molar-refractivity contribution in [1.82, 2.24) is 0 Å². The van der Waals surface area contributed by atoms with E-state index in [0.29, 0.717) is 24.5 Å². The van der Waals surface area contributed by atoms with Crippen LogP contribution in [-0.2, 0) is 0 Å². The highest BCUT2D eigenvalue weighted by atomic mass is 16.6. The van der Waals surface area contributed by atoms with Crippen molar-refractivity contribution >= 4 is 11.4 Å². The monoisotopic (exact) mass is 225 g/mol. The maximum atomic E-state index is 10.6. The number of nitro groups is 1. The van der Waals surface area contributed by atoms with Crippen LogP contribution in [0.2, 0.25) is 0 Å². The molecule has 88 valence electrons. The van der Waals surface area contributed by atoms with Crippen molar-refractivity contribution < 1.29 is 9.66 Å². The van der Waals surface area contributed by atoms with Crippen molar-refractivity contribution in [3.05, 3.63) is 28.3 Å². The molecule has 0 unspecified atom stereocenters. The smallest absolute Gasteiger partial charge is 0.271 e. The van der Waals surface area contributed by atoms with Crippen LogP contribution in [0.4, 0.5) is 11.4 Å². The number of rotatable bonds is 6. The van der Waals surface area contributed by atoms with E-state index in [1.807, 2.05) is 0 Å². The average Bonchev–Trinajstić information content (AvgIpc) is 2.29. The Morgan fingerprint density at radius 3 is 2.88 bits per heavy atom. The molecule has 0 saturated heterocycles. The molecule has 0 aliphatic carbocycles. The molecular formula is C10H15N3O3. The predicted octanol–water partition coefficient (Wildman–Crippen LogP) is 1.36. The molecule has 0 aromatic heterocycles. The quantitative estimate of drug-likeness (QED) is 0.433. The molecular weight excluding hydrogens is 210 g/mol. The van der Waals surface area contributed by atoms with Gasteiger partial charge in [0.2, 0.25) is 0 Å². The summed E-state index contributed by atoms with van der Waals surface area (Å²) in [5.74, 6) is 0.586. The van der Waals surface area contributed by atoms with Crippen LogP contribution in [0.25, 0.3) is 0 Å². The highest BCUT2D eigenvalue weighted by molar-refractivity contribution is 5.61. The summed E-state index contributed by atoms with van der Waals surface area (Å²) in [4.78, 5) is 10.2. The Labute approximate surface area is 93.5 Å². The van der Waals surface area contributed by atoms with Gasteiger partial charge in [-0.3, -0.25) is 10.1 Å². The van der Waals surface area contributed by atoms with E-state index in [2.05, 4.69) is 5.32 Å². The Hall–Kier alpha value is -1.82. The second kappa shape index (κ2) is 5.92. The molecule has 6 heteroatoms. The Morgan fingerprint density at radius 2 is 2.31 bits per heavy atom. The molecule has 0 heterocycles. The Kier molecular flexibility index (Phi) is 4.53. The van der Waals surface area contributed by atoms with E-state index in [9.17, 15) is 10.1 Å². The number of benzene rings is 1. The molecule has 6 nitrogen and oxygen atoms in total. The first-order valence-electron chi connectivity index (χ1n) is 4.95. The van der Waals surface area contributed by atoms with E-state index in [4.69, 9.17) is 10.5 Å². The third-order valence-electron chi connectivity index (χ3n) is 2.09. The van der Waals surface area contributed by atoms with E-state index in [-0.39, 0.29) is 5.69 Å². The lowest BCUT2D eigenvalue weighted by molar-refractivity contribution is -0.384. The number of hydrogen-bond donors (Lipinski definition) is 2. The summed E-state index contributed by atoms with van der Waals surface area (Å²) < 4.78 is 5.09. The van der Waals surface area contributed by atoms with Crippen molar-refractivity contribution in [2.24, 2.45) is 5.73 Å². The van der Waals surface area contributed by atoms with Crippen molar-refractivity contribution in [1.29, 1.82) is 0 Å². The van der Waals surface area contributed by atoms with Gasteiger partial charge in [-0.15, -0.1) is 0 Å². The Bertz CT molecular complexity index is 368. The van der Waals surface area contributed by atoms with Gasteiger partial charge in [-0.05, 0) is 19.0 Å². The molecule has 0 aliphatic heterocycles. The fraction of sp³-hybridized carbons (Fsp3) is 0.400. The molecule has 1 rings (SSSR count). The maximum absolute atomic E-state index is 10.6. The van der Waals surface area contributed by atoms with Gasteiger partial charge in [0.05, 0.1) is 17.7 Å². The van der Waals surface area contributed by atoms with Gasteiger partial charge in [0.15, 0.2) is 0 Å². The molecule has 16 heavy (non-hydrogen) atoms. The van der Waals surface area contributed by atoms with E-state index in [1.54, 1.807) is 6.07 Å². The van der Waals surface area contributed by atoms with Crippen LogP contribution in [0.1, 0.15) is 6.42 Å². The van der Waals surface area contributed by atoms with Crippen LogP contribution in [0.15, 0.2) is 18.2 Å². The molecule has 1 aromatic carbocycles. The highest BCUT2D eigenvalue weighted by Gasteiger charge is 2.10. The molecule has 3 N–H and O–H groups in total. The largest absolute Gasteiger partial charge is 0.495 e. The number of nitrogens with zero attached hydrogens (tertiary/aromatic N) is 1. The number of non-ortho nitro benzene ring substituents is 1. The lowest BCUT2D eigenvalue weighted by Crippen LogP contribution is -2.09. The zero-order valence-corrected chi connectivity index (χ0v) is 9.10. The topological polar surface area (TPSA) is 90.4 Å². The summed E-state index contributed by atoms with van der Waals surface area (Å²) in [5.41, 5.74) is 6.02. The van der Waals surface area contributed by atoms with Crippen LogP contribution >= 0.6 is 0 Å². The lowest BCUT2D eigenvalue weighted by atomic mass is 10.2. The Balaban J connectivity index is 2.84. The van der Waals surface area contributed by atoms with Crippen LogP contribution < -0.4 is 15.8 Å². The number of methoxy groups -OCH3 is 1. The van der Waals surface area contributed by atoms with E-state index < -0.39 is 4.92 Å². The summed E-state index contributed by atoms with van der Waals surface area (Å²) >= 11 is 0. The van der Waals surface area contributed by atoms with Crippen LogP contribution in [0.5, 0.6) is 5.75 Å². The molecule has 0 amide bonds. The molecule has 1 aromatic rings. The second-order valence-corrected chi connectivity index (χ2v) is 3.21. The number of hydrogen-bond acceptors (Lipinski definition) is 5. The Morgan fingerprint density at radius 1 is 1.56 bits per heavy atom. The molecule has 0 atom stereocenters. The molecule has 0 bridgehead atoms. The highest BCUT2D eigenvalue weighted by Crippen LogP contribution is 2.28. The van der Waals surface area contributed by atoms with Gasteiger partial charge in [-0.2, -0.15) is 0 Å². The average molecular weight is 225 g/mol. The zero-order chi connectivity index (χ0) is 12.0. The van der Waals surface area contributed by atoms with Crippen molar-refractivity contribution in [3.63, 3.8) is 0 Å². The van der Waals surface area contributed by atoms with Gasteiger partial charge in [-0.25, -0.2) is 0 Å². The minimum atomic E-state index is -0.437. The number of ether oxygens (including phenoxy) is 1. The van der Waals surface area contributed by atoms with Gasteiger partial charge in [0, 0.05) is 18.7 Å². The lowest BCUT2D eigenvalue weighted by Gasteiger charge is -2.10. The molecule has 0 aliphatic rings. The SMILES string of the molecule is COc1ccc([N+](=O)[O-])cc1NCCCN. The molecule has 0 fully saturated rings. The van der Waals surface area contributed by atoms with Gasteiger partial charge in [0.25, 0.3) is 5.69 Å². The maximum Gasteiger partial charge on any atom is 0.271 e. The molecule has 0 radical (unpaired) electrons. The van der Waals surface area contributed by atoms with Gasteiger partial charge >= 0.3 is 0 Å². The van der Waals surface area contributed by atoms with E-state index in [0.717, 1.165) is 6.42 Å². The zero-order valence-electron chi connectivity index (χ0n) is 9.10. The summed E-state index contributed by atoms with van der Waals surface area (Å²) in [7, 11) is 1.52. The predicted molar refractivity (Wildman–Crippen MR) is 61.8 cm³/mol. The summed E-state index contributed by atoms with van der Waals surface area (Å²) in [6.07, 6.45) is 0.797. The van der Waals surface area contributed by atoms with Crippen LogP contribution in [0, 0.1) is 10.1 Å². The number of nitrogens with one attached hydrogen (secondary N) is 1. The van der Waals surface area contributed by atoms with Gasteiger partial charge in [-0.1, -0.05) is 0 Å². The summed E-state index contributed by atoms with van der Waals surface area (Å²) in [5, 5.41) is 13.7. The third kappa shape index (κ3) is 3.09. The minimum Gasteiger partial charge on any atom is -0.495 e. The summed E-state index contributed by atoms with van der Waals surface area (Å²) in [6.45, 7) is 1.23. The first kappa shape index (κ1) is 12.3. The van der Waals surface area contributed by atoms with Gasteiger partial charge < -0.3 is 15.8 Å². The third-order valence-corrected chi connectivity index (χ3v) is 2.09. The molecule has 0 spiro atoms. The minimum absolute atomic E-state index is 0.0380. The first-order valence-corrected chi connectivity index (χ1v) is 4.95. The van der Waals surface area contributed by atoms with Gasteiger partial charge in [0.1, 0.15) is 5.75 Å². The fourth-order valence-electron chi connectivity index (χ4n) is 1.27. The normalized spacial score (nSPS) is 9.88. The first-order chi connectivity index (χ1) is 7.69. The van der Waals surface area contributed by atoms with Crippen LogP contribution in [0.3, 0.4) is 0 Å². The standard InChI is InChI=1S/C10H15N3O3/c1-16-10-4-3-8(13(14)15)7-9(10)12-6-2-5-11/h3-4,7,12H,2,5-6,11H2,1H3. The number of nitro benzene ring substituents is 1. The van der Waals surface area contributed by atoms with Crippen molar-refractivity contribution in [2.75, 3.05) is 25.5 Å².